The smallest absolute Gasteiger partial charge is 0.272 e. The number of nitrogens with zero attached hydrogens (tertiary/aromatic N) is 1. The van der Waals surface area contributed by atoms with Gasteiger partial charge in [0.15, 0.2) is 0 Å². The molecule has 5 heteroatoms. The molecule has 1 amide bonds. The number of rotatable bonds is 5. The van der Waals surface area contributed by atoms with Crippen LogP contribution in [0.15, 0.2) is 58.1 Å². The van der Waals surface area contributed by atoms with Crippen LogP contribution in [-0.4, -0.2) is 18.7 Å². The standard InChI is InChI=1S/C17H13BrN2O2/c1-2-10-22-14-7-5-6-13(11-14)12-19-20-17(21)15-8-3-4-9-16(15)18/h1,3-9,11-12H,10H2,(H,20,21)/b19-12-. The van der Waals surface area contributed by atoms with Crippen molar-refractivity contribution in [2.24, 2.45) is 5.10 Å². The van der Waals surface area contributed by atoms with E-state index in [1.54, 1.807) is 30.3 Å². The van der Waals surface area contributed by atoms with E-state index < -0.39 is 0 Å². The van der Waals surface area contributed by atoms with Gasteiger partial charge in [-0.15, -0.1) is 6.42 Å². The van der Waals surface area contributed by atoms with Gasteiger partial charge in [-0.2, -0.15) is 5.10 Å². The van der Waals surface area contributed by atoms with Crippen LogP contribution in [0.4, 0.5) is 0 Å². The van der Waals surface area contributed by atoms with Crippen LogP contribution in [0.3, 0.4) is 0 Å². The third-order valence-electron chi connectivity index (χ3n) is 2.68. The predicted octanol–water partition coefficient (Wildman–Crippen LogP) is 3.23. The van der Waals surface area contributed by atoms with Crippen LogP contribution < -0.4 is 10.2 Å². The Morgan fingerprint density at radius 3 is 2.91 bits per heavy atom. The molecule has 2 rings (SSSR count). The minimum absolute atomic E-state index is 0.208. The fraction of sp³-hybridized carbons (Fsp3) is 0.0588. The topological polar surface area (TPSA) is 50.7 Å². The molecular formula is C17H13BrN2O2. The maximum atomic E-state index is 12.0. The Labute approximate surface area is 137 Å². The number of ether oxygens (including phenoxy) is 1. The van der Waals surface area contributed by atoms with Crippen LogP contribution in [-0.2, 0) is 0 Å². The van der Waals surface area contributed by atoms with Crippen molar-refractivity contribution in [2.75, 3.05) is 6.61 Å². The van der Waals surface area contributed by atoms with Crippen LogP contribution in [0, 0.1) is 12.3 Å². The zero-order valence-electron chi connectivity index (χ0n) is 11.6. The van der Waals surface area contributed by atoms with E-state index in [-0.39, 0.29) is 12.5 Å². The summed E-state index contributed by atoms with van der Waals surface area (Å²) in [5.74, 6) is 2.76. The summed E-state index contributed by atoms with van der Waals surface area (Å²) in [5.41, 5.74) is 3.79. The van der Waals surface area contributed by atoms with Gasteiger partial charge < -0.3 is 4.74 Å². The molecular weight excluding hydrogens is 344 g/mol. The predicted molar refractivity (Wildman–Crippen MR) is 90.0 cm³/mol. The molecule has 0 unspecified atom stereocenters. The van der Waals surface area contributed by atoms with E-state index in [0.29, 0.717) is 15.8 Å². The highest BCUT2D eigenvalue weighted by Crippen LogP contribution is 2.15. The first-order chi connectivity index (χ1) is 10.7. The van der Waals surface area contributed by atoms with Gasteiger partial charge in [-0.1, -0.05) is 30.2 Å². The molecule has 0 atom stereocenters. The highest BCUT2D eigenvalue weighted by Gasteiger charge is 2.07. The summed E-state index contributed by atoms with van der Waals surface area (Å²) in [6, 6.07) is 14.4. The van der Waals surface area contributed by atoms with E-state index >= 15 is 0 Å². The third-order valence-corrected chi connectivity index (χ3v) is 3.37. The maximum absolute atomic E-state index is 12.0. The molecule has 110 valence electrons. The number of hydrogen-bond acceptors (Lipinski definition) is 3. The fourth-order valence-corrected chi connectivity index (χ4v) is 2.15. The second-order valence-electron chi connectivity index (χ2n) is 4.24. The molecule has 0 aromatic heterocycles. The highest BCUT2D eigenvalue weighted by atomic mass is 79.9. The summed E-state index contributed by atoms with van der Waals surface area (Å²) in [7, 11) is 0. The molecule has 0 bridgehead atoms. The van der Waals surface area contributed by atoms with Crippen molar-refractivity contribution in [3.05, 3.63) is 64.1 Å². The Morgan fingerprint density at radius 1 is 1.32 bits per heavy atom. The van der Waals surface area contributed by atoms with E-state index in [4.69, 9.17) is 11.2 Å². The van der Waals surface area contributed by atoms with E-state index in [2.05, 4.69) is 32.4 Å². The average molecular weight is 357 g/mol. The van der Waals surface area contributed by atoms with Crippen molar-refractivity contribution < 1.29 is 9.53 Å². The van der Waals surface area contributed by atoms with Gasteiger partial charge in [0.05, 0.1) is 11.8 Å². The molecule has 2 aromatic carbocycles. The van der Waals surface area contributed by atoms with Gasteiger partial charge >= 0.3 is 0 Å². The summed E-state index contributed by atoms with van der Waals surface area (Å²) in [5, 5.41) is 3.94. The van der Waals surface area contributed by atoms with Crippen LogP contribution in [0.5, 0.6) is 5.75 Å². The number of amides is 1. The molecule has 0 aliphatic heterocycles. The number of terminal acetylenes is 1. The van der Waals surface area contributed by atoms with Crippen molar-refractivity contribution in [3.63, 3.8) is 0 Å². The molecule has 4 nitrogen and oxygen atoms in total. The van der Waals surface area contributed by atoms with Crippen molar-refractivity contribution in [3.8, 4) is 18.1 Å². The van der Waals surface area contributed by atoms with Crippen molar-refractivity contribution in [1.29, 1.82) is 0 Å². The number of hydrogen-bond donors (Lipinski definition) is 1. The van der Waals surface area contributed by atoms with Gasteiger partial charge in [0.2, 0.25) is 0 Å². The first-order valence-electron chi connectivity index (χ1n) is 6.45. The lowest BCUT2D eigenvalue weighted by Crippen LogP contribution is -2.18. The van der Waals surface area contributed by atoms with E-state index in [0.717, 1.165) is 5.56 Å². The van der Waals surface area contributed by atoms with E-state index in [1.807, 2.05) is 18.2 Å². The van der Waals surface area contributed by atoms with Gasteiger partial charge in [0, 0.05) is 4.47 Å². The Hall–Kier alpha value is -2.58. The summed E-state index contributed by atoms with van der Waals surface area (Å²) in [6.07, 6.45) is 6.68. The zero-order valence-corrected chi connectivity index (χ0v) is 13.2. The van der Waals surface area contributed by atoms with Crippen LogP contribution in [0.1, 0.15) is 15.9 Å². The molecule has 0 aliphatic rings. The lowest BCUT2D eigenvalue weighted by molar-refractivity contribution is 0.0954. The second kappa shape index (κ2) is 8.01. The largest absolute Gasteiger partial charge is 0.481 e. The number of halogens is 1. The molecule has 0 saturated carbocycles. The normalized spacial score (nSPS) is 10.2. The van der Waals surface area contributed by atoms with E-state index in [1.165, 1.54) is 6.21 Å². The minimum atomic E-state index is -0.288. The highest BCUT2D eigenvalue weighted by molar-refractivity contribution is 9.10. The van der Waals surface area contributed by atoms with E-state index in [9.17, 15) is 4.79 Å². The number of carbonyl (C=O) groups excluding carboxylic acids is 1. The van der Waals surface area contributed by atoms with Gasteiger partial charge in [0.25, 0.3) is 5.91 Å². The van der Waals surface area contributed by atoms with Gasteiger partial charge in [-0.05, 0) is 45.8 Å². The quantitative estimate of drug-likeness (QED) is 0.508. The van der Waals surface area contributed by atoms with Gasteiger partial charge in [0.1, 0.15) is 12.4 Å². The Morgan fingerprint density at radius 2 is 2.14 bits per heavy atom. The zero-order chi connectivity index (χ0) is 15.8. The lowest BCUT2D eigenvalue weighted by Gasteiger charge is -2.03. The molecule has 0 heterocycles. The Balaban J connectivity index is 1.99. The summed E-state index contributed by atoms with van der Waals surface area (Å²) < 4.78 is 6.03. The number of benzene rings is 2. The first-order valence-corrected chi connectivity index (χ1v) is 7.24. The summed E-state index contributed by atoms with van der Waals surface area (Å²) in [6.45, 7) is 0.208. The SMILES string of the molecule is C#CCOc1cccc(/C=N\NC(=O)c2ccccc2Br)c1. The van der Waals surface area contributed by atoms with Crippen molar-refractivity contribution in [1.82, 2.24) is 5.43 Å². The minimum Gasteiger partial charge on any atom is -0.481 e. The van der Waals surface area contributed by atoms with Crippen LogP contribution >= 0.6 is 15.9 Å². The van der Waals surface area contributed by atoms with Crippen molar-refractivity contribution >= 4 is 28.1 Å². The molecule has 22 heavy (non-hydrogen) atoms. The Bertz CT molecular complexity index is 735. The molecule has 0 aliphatic carbocycles. The summed E-state index contributed by atoms with van der Waals surface area (Å²) in [4.78, 5) is 12.0. The first kappa shape index (κ1) is 15.8. The molecule has 0 saturated heterocycles. The van der Waals surface area contributed by atoms with Gasteiger partial charge in [-0.3, -0.25) is 4.79 Å². The number of nitrogens with one attached hydrogen (secondary N) is 1. The molecule has 0 spiro atoms. The van der Waals surface area contributed by atoms with Gasteiger partial charge in [-0.25, -0.2) is 5.43 Å². The molecule has 0 radical (unpaired) electrons. The molecule has 2 aromatic rings. The molecule has 0 fully saturated rings. The summed E-state index contributed by atoms with van der Waals surface area (Å²) >= 11 is 3.32. The fourth-order valence-electron chi connectivity index (χ4n) is 1.68. The maximum Gasteiger partial charge on any atom is 0.272 e. The number of hydrazone groups is 1. The third kappa shape index (κ3) is 4.47. The van der Waals surface area contributed by atoms with Crippen LogP contribution in [0.25, 0.3) is 0 Å². The Kier molecular flexibility index (Phi) is 5.75. The molecule has 1 N–H and O–H groups in total. The second-order valence-corrected chi connectivity index (χ2v) is 5.10. The number of carbonyl (C=O) groups is 1. The monoisotopic (exact) mass is 356 g/mol. The lowest BCUT2D eigenvalue weighted by atomic mass is 10.2. The van der Waals surface area contributed by atoms with Crippen molar-refractivity contribution in [2.45, 2.75) is 0 Å². The average Bonchev–Trinajstić information content (AvgIpc) is 2.53. The van der Waals surface area contributed by atoms with Crippen LogP contribution in [0.2, 0.25) is 0 Å².